The number of fused-ring (bicyclic) bond motifs is 1. The van der Waals surface area contributed by atoms with Gasteiger partial charge in [0.1, 0.15) is 11.6 Å². The maximum absolute atomic E-state index is 13.3. The molecule has 0 aliphatic carbocycles. The van der Waals surface area contributed by atoms with E-state index < -0.39 is 6.09 Å². The highest BCUT2D eigenvalue weighted by atomic mass is 19.1. The van der Waals surface area contributed by atoms with Gasteiger partial charge in [-0.3, -0.25) is 0 Å². The van der Waals surface area contributed by atoms with Gasteiger partial charge in [0, 0.05) is 12.5 Å². The lowest BCUT2D eigenvalue weighted by molar-refractivity contribution is -0.0199. The van der Waals surface area contributed by atoms with Gasteiger partial charge < -0.3 is 19.5 Å². The van der Waals surface area contributed by atoms with Crippen molar-refractivity contribution in [1.29, 1.82) is 0 Å². The second-order valence-electron chi connectivity index (χ2n) is 7.57. The monoisotopic (exact) mass is 409 g/mol. The Kier molecular flexibility index (Phi) is 5.86. The zero-order chi connectivity index (χ0) is 21.1. The Morgan fingerprint density at radius 1 is 1.10 bits per heavy atom. The van der Waals surface area contributed by atoms with Crippen LogP contribution in [0.5, 0.6) is 5.75 Å². The number of rotatable bonds is 5. The van der Waals surface area contributed by atoms with Crippen LogP contribution in [-0.2, 0) is 11.3 Å². The molecule has 0 spiro atoms. The van der Waals surface area contributed by atoms with Gasteiger partial charge in [0.2, 0.25) is 0 Å². The van der Waals surface area contributed by atoms with E-state index in [2.05, 4.69) is 6.07 Å². The highest BCUT2D eigenvalue weighted by Gasteiger charge is 2.33. The molecule has 0 radical (unpaired) electrons. The van der Waals surface area contributed by atoms with E-state index in [0.29, 0.717) is 26.1 Å². The number of methoxy groups -OCH3 is 1. The fraction of sp³-hybridized carbons (Fsp3) is 0.292. The molecule has 0 aromatic heterocycles. The Morgan fingerprint density at radius 2 is 1.87 bits per heavy atom. The fourth-order valence-electron chi connectivity index (χ4n) is 4.04. The molecule has 1 fully saturated rings. The molecule has 2 atom stereocenters. The smallest absolute Gasteiger partial charge is 0.407 e. The first-order valence-corrected chi connectivity index (χ1v) is 9.95. The molecule has 5 nitrogen and oxygen atoms in total. The van der Waals surface area contributed by atoms with Crippen molar-refractivity contribution in [3.05, 3.63) is 77.6 Å². The van der Waals surface area contributed by atoms with Crippen molar-refractivity contribution in [2.45, 2.75) is 25.0 Å². The van der Waals surface area contributed by atoms with Gasteiger partial charge in [0.25, 0.3) is 0 Å². The number of nitrogens with zero attached hydrogens (tertiary/aromatic N) is 1. The summed E-state index contributed by atoms with van der Waals surface area (Å²) in [6.07, 6.45) is -0.613. The van der Waals surface area contributed by atoms with E-state index in [1.165, 1.54) is 17.0 Å². The van der Waals surface area contributed by atoms with Gasteiger partial charge in [0.15, 0.2) is 0 Å². The van der Waals surface area contributed by atoms with Gasteiger partial charge in [-0.25, -0.2) is 9.18 Å². The Balaban J connectivity index is 1.53. The number of likely N-dealkylation sites (tertiary alicyclic amines) is 1. The molecule has 2 unspecified atom stereocenters. The summed E-state index contributed by atoms with van der Waals surface area (Å²) in [7, 11) is 1.64. The van der Waals surface area contributed by atoms with Gasteiger partial charge >= 0.3 is 6.09 Å². The molecular weight excluding hydrogens is 385 g/mol. The van der Waals surface area contributed by atoms with Crippen molar-refractivity contribution in [3.63, 3.8) is 0 Å². The standard InChI is InChI=1S/C24H24FNO4/c1-29-21-9-6-17-3-2-16(12-19(17)13-21)15-30-23-14-26(24(27)28)11-10-22(23)18-4-7-20(25)8-5-18/h2-9,12-13,22-23H,10-11,14-15H2,1H3,(H,27,28). The minimum absolute atomic E-state index is 0.0155. The number of carboxylic acid groups (broad SMARTS) is 1. The van der Waals surface area contributed by atoms with Crippen LogP contribution in [0.1, 0.15) is 23.5 Å². The second-order valence-corrected chi connectivity index (χ2v) is 7.57. The number of amides is 1. The third-order valence-corrected chi connectivity index (χ3v) is 5.70. The van der Waals surface area contributed by atoms with Gasteiger partial charge in [-0.2, -0.15) is 0 Å². The lowest BCUT2D eigenvalue weighted by atomic mass is 9.87. The summed E-state index contributed by atoms with van der Waals surface area (Å²) in [5, 5.41) is 11.6. The van der Waals surface area contributed by atoms with E-state index in [9.17, 15) is 14.3 Å². The lowest BCUT2D eigenvalue weighted by Crippen LogP contribution is -2.46. The zero-order valence-corrected chi connectivity index (χ0v) is 16.8. The summed E-state index contributed by atoms with van der Waals surface area (Å²) in [6.45, 7) is 1.09. The Labute approximate surface area is 174 Å². The molecule has 1 N–H and O–H groups in total. The minimum Gasteiger partial charge on any atom is -0.497 e. The average molecular weight is 409 g/mol. The fourth-order valence-corrected chi connectivity index (χ4v) is 4.04. The van der Waals surface area contributed by atoms with Crippen LogP contribution in [0.2, 0.25) is 0 Å². The molecule has 0 bridgehead atoms. The van der Waals surface area contributed by atoms with Crippen molar-refractivity contribution in [3.8, 4) is 5.75 Å². The topological polar surface area (TPSA) is 59.0 Å². The van der Waals surface area contributed by atoms with E-state index >= 15 is 0 Å². The van der Waals surface area contributed by atoms with E-state index in [1.54, 1.807) is 19.2 Å². The van der Waals surface area contributed by atoms with Crippen molar-refractivity contribution >= 4 is 16.9 Å². The number of ether oxygens (including phenoxy) is 2. The average Bonchev–Trinajstić information content (AvgIpc) is 2.77. The summed E-state index contributed by atoms with van der Waals surface area (Å²) in [5.41, 5.74) is 1.97. The molecule has 0 saturated carbocycles. The molecule has 1 saturated heterocycles. The van der Waals surface area contributed by atoms with E-state index in [0.717, 1.165) is 27.6 Å². The number of halogens is 1. The molecule has 1 aliphatic rings. The Bertz CT molecular complexity index is 1040. The lowest BCUT2D eigenvalue weighted by Gasteiger charge is -2.37. The van der Waals surface area contributed by atoms with Gasteiger partial charge in [0.05, 0.1) is 26.4 Å². The summed E-state index contributed by atoms with van der Waals surface area (Å²) in [4.78, 5) is 12.9. The second kappa shape index (κ2) is 8.71. The molecule has 1 heterocycles. The summed E-state index contributed by atoms with van der Waals surface area (Å²) in [6, 6.07) is 18.4. The van der Waals surface area contributed by atoms with Crippen LogP contribution < -0.4 is 4.74 Å². The summed E-state index contributed by atoms with van der Waals surface area (Å²) >= 11 is 0. The van der Waals surface area contributed by atoms with Crippen molar-refractivity contribution in [2.24, 2.45) is 0 Å². The largest absolute Gasteiger partial charge is 0.497 e. The van der Waals surface area contributed by atoms with Crippen molar-refractivity contribution in [2.75, 3.05) is 20.2 Å². The Morgan fingerprint density at radius 3 is 2.60 bits per heavy atom. The molecule has 3 aromatic rings. The van der Waals surface area contributed by atoms with E-state index in [4.69, 9.17) is 9.47 Å². The normalized spacial score (nSPS) is 19.1. The van der Waals surface area contributed by atoms with Gasteiger partial charge in [-0.05, 0) is 58.7 Å². The molecular formula is C24H24FNO4. The van der Waals surface area contributed by atoms with Gasteiger partial charge in [-0.15, -0.1) is 0 Å². The number of hydrogen-bond donors (Lipinski definition) is 1. The molecule has 4 rings (SSSR count). The minimum atomic E-state index is -0.945. The van der Waals surface area contributed by atoms with Gasteiger partial charge in [-0.1, -0.05) is 30.3 Å². The van der Waals surface area contributed by atoms with Crippen LogP contribution in [0.3, 0.4) is 0 Å². The molecule has 1 amide bonds. The summed E-state index contributed by atoms with van der Waals surface area (Å²) < 4.78 is 24.9. The number of piperidine rings is 1. The number of carbonyl (C=O) groups is 1. The first kappa shape index (κ1) is 20.2. The predicted octanol–water partition coefficient (Wildman–Crippen LogP) is 5.04. The summed E-state index contributed by atoms with van der Waals surface area (Å²) in [5.74, 6) is 0.522. The van der Waals surface area contributed by atoms with Crippen molar-refractivity contribution < 1.29 is 23.8 Å². The highest BCUT2D eigenvalue weighted by Crippen LogP contribution is 2.32. The SMILES string of the molecule is COc1ccc2ccc(COC3CN(C(=O)O)CCC3c3ccc(F)cc3)cc2c1. The first-order valence-electron chi connectivity index (χ1n) is 9.95. The van der Waals surface area contributed by atoms with Crippen LogP contribution in [-0.4, -0.2) is 42.4 Å². The van der Waals surface area contributed by atoms with Crippen LogP contribution >= 0.6 is 0 Å². The van der Waals surface area contributed by atoms with Crippen molar-refractivity contribution in [1.82, 2.24) is 4.90 Å². The molecule has 1 aliphatic heterocycles. The number of benzene rings is 3. The predicted molar refractivity (Wildman–Crippen MR) is 112 cm³/mol. The third kappa shape index (κ3) is 4.39. The quantitative estimate of drug-likeness (QED) is 0.641. The maximum atomic E-state index is 13.3. The molecule has 156 valence electrons. The van der Waals surface area contributed by atoms with E-state index in [-0.39, 0.29) is 17.8 Å². The Hall–Kier alpha value is -3.12. The van der Waals surface area contributed by atoms with Crippen LogP contribution in [0.15, 0.2) is 60.7 Å². The molecule has 30 heavy (non-hydrogen) atoms. The highest BCUT2D eigenvalue weighted by molar-refractivity contribution is 5.84. The zero-order valence-electron chi connectivity index (χ0n) is 16.8. The van der Waals surface area contributed by atoms with Crippen LogP contribution in [0.25, 0.3) is 10.8 Å². The molecule has 6 heteroatoms. The molecule has 3 aromatic carbocycles. The number of hydrogen-bond acceptors (Lipinski definition) is 3. The van der Waals surface area contributed by atoms with E-state index in [1.807, 2.05) is 30.3 Å². The van der Waals surface area contributed by atoms with Crippen LogP contribution in [0.4, 0.5) is 9.18 Å². The van der Waals surface area contributed by atoms with Crippen LogP contribution in [0, 0.1) is 5.82 Å². The third-order valence-electron chi connectivity index (χ3n) is 5.70. The maximum Gasteiger partial charge on any atom is 0.407 e. The first-order chi connectivity index (χ1) is 14.5.